The highest BCUT2D eigenvalue weighted by atomic mass is 16.5. The number of amides is 1. The zero-order chi connectivity index (χ0) is 20.4. The standard InChI is InChI=1S/C24H22N2O3/c1-15-8-7-11-21(16(15)2)28-17(3)23(27)25-19-12-13-22-20(14-19)26-24(29-22)18-9-5-4-6-10-18/h4-14,17H,1-3H3,(H,25,27)/t17-/m0/s1. The molecule has 146 valence electrons. The van der Waals surface area contributed by atoms with Crippen LogP contribution in [0.3, 0.4) is 0 Å². The van der Waals surface area contributed by atoms with Gasteiger partial charge in [0.25, 0.3) is 5.91 Å². The van der Waals surface area contributed by atoms with E-state index in [1.807, 2.05) is 62.4 Å². The molecule has 5 nitrogen and oxygen atoms in total. The van der Waals surface area contributed by atoms with Crippen LogP contribution in [-0.2, 0) is 4.79 Å². The first-order valence-corrected chi connectivity index (χ1v) is 9.51. The van der Waals surface area contributed by atoms with Gasteiger partial charge in [0.15, 0.2) is 11.7 Å². The lowest BCUT2D eigenvalue weighted by Crippen LogP contribution is -2.30. The number of hydrogen-bond donors (Lipinski definition) is 1. The number of aryl methyl sites for hydroxylation is 1. The lowest BCUT2D eigenvalue weighted by atomic mass is 10.1. The van der Waals surface area contributed by atoms with Gasteiger partial charge in [-0.1, -0.05) is 30.3 Å². The fraction of sp³-hybridized carbons (Fsp3) is 0.167. The van der Waals surface area contributed by atoms with Gasteiger partial charge in [0.2, 0.25) is 5.89 Å². The zero-order valence-electron chi connectivity index (χ0n) is 16.6. The minimum absolute atomic E-state index is 0.225. The number of oxazole rings is 1. The minimum atomic E-state index is -0.636. The quantitative estimate of drug-likeness (QED) is 0.491. The van der Waals surface area contributed by atoms with Gasteiger partial charge >= 0.3 is 0 Å². The number of benzene rings is 3. The Kier molecular flexibility index (Phi) is 5.04. The molecular formula is C24H22N2O3. The number of carbonyl (C=O) groups excluding carboxylic acids is 1. The molecule has 0 aliphatic heterocycles. The van der Waals surface area contributed by atoms with Crippen LogP contribution in [0.1, 0.15) is 18.1 Å². The molecule has 0 saturated heterocycles. The molecule has 0 spiro atoms. The van der Waals surface area contributed by atoms with E-state index in [0.29, 0.717) is 28.4 Å². The third-order valence-corrected chi connectivity index (χ3v) is 4.90. The van der Waals surface area contributed by atoms with Crippen molar-refractivity contribution in [3.63, 3.8) is 0 Å². The molecule has 0 fully saturated rings. The van der Waals surface area contributed by atoms with Crippen molar-refractivity contribution in [2.24, 2.45) is 0 Å². The largest absolute Gasteiger partial charge is 0.481 e. The Morgan fingerprint density at radius 1 is 1.03 bits per heavy atom. The predicted octanol–water partition coefficient (Wildman–Crippen LogP) is 5.52. The summed E-state index contributed by atoms with van der Waals surface area (Å²) in [4.78, 5) is 17.1. The van der Waals surface area contributed by atoms with E-state index in [9.17, 15) is 4.79 Å². The van der Waals surface area contributed by atoms with Crippen LogP contribution in [0.25, 0.3) is 22.6 Å². The van der Waals surface area contributed by atoms with Crippen LogP contribution in [0.4, 0.5) is 5.69 Å². The number of anilines is 1. The van der Waals surface area contributed by atoms with Gasteiger partial charge in [-0.2, -0.15) is 0 Å². The summed E-state index contributed by atoms with van der Waals surface area (Å²) in [5.41, 5.74) is 5.06. The van der Waals surface area contributed by atoms with E-state index >= 15 is 0 Å². The highest BCUT2D eigenvalue weighted by Gasteiger charge is 2.17. The Labute approximate surface area is 169 Å². The molecule has 4 rings (SSSR count). The highest BCUT2D eigenvalue weighted by Crippen LogP contribution is 2.26. The van der Waals surface area contributed by atoms with Crippen LogP contribution in [0.15, 0.2) is 71.1 Å². The molecule has 1 N–H and O–H groups in total. The molecule has 0 saturated carbocycles. The summed E-state index contributed by atoms with van der Waals surface area (Å²) in [5, 5.41) is 2.89. The number of hydrogen-bond acceptors (Lipinski definition) is 4. The second-order valence-electron chi connectivity index (χ2n) is 7.01. The Bertz CT molecular complexity index is 1170. The van der Waals surface area contributed by atoms with E-state index in [2.05, 4.69) is 10.3 Å². The number of nitrogens with one attached hydrogen (secondary N) is 1. The lowest BCUT2D eigenvalue weighted by Gasteiger charge is -2.17. The molecule has 1 heterocycles. The molecule has 1 atom stereocenters. The van der Waals surface area contributed by atoms with Gasteiger partial charge in [0.1, 0.15) is 11.3 Å². The predicted molar refractivity (Wildman–Crippen MR) is 114 cm³/mol. The number of rotatable bonds is 5. The molecule has 0 aliphatic carbocycles. The zero-order valence-corrected chi connectivity index (χ0v) is 16.6. The number of nitrogens with zero attached hydrogens (tertiary/aromatic N) is 1. The summed E-state index contributed by atoms with van der Waals surface area (Å²) in [6, 6.07) is 20.9. The fourth-order valence-corrected chi connectivity index (χ4v) is 3.05. The molecule has 0 aliphatic rings. The SMILES string of the molecule is Cc1cccc(O[C@@H](C)C(=O)Nc2ccc3oc(-c4ccccc4)nc3c2)c1C. The highest BCUT2D eigenvalue weighted by molar-refractivity contribution is 5.95. The van der Waals surface area contributed by atoms with E-state index in [0.717, 1.165) is 16.7 Å². The van der Waals surface area contributed by atoms with Crippen molar-refractivity contribution in [3.05, 3.63) is 77.9 Å². The van der Waals surface area contributed by atoms with Gasteiger partial charge < -0.3 is 14.5 Å². The molecule has 4 aromatic rings. The average molecular weight is 386 g/mol. The third kappa shape index (κ3) is 3.99. The fourth-order valence-electron chi connectivity index (χ4n) is 3.05. The van der Waals surface area contributed by atoms with Gasteiger partial charge in [0.05, 0.1) is 0 Å². The van der Waals surface area contributed by atoms with Crippen molar-refractivity contribution in [1.82, 2.24) is 4.98 Å². The smallest absolute Gasteiger partial charge is 0.265 e. The van der Waals surface area contributed by atoms with Crippen LogP contribution < -0.4 is 10.1 Å². The minimum Gasteiger partial charge on any atom is -0.481 e. The average Bonchev–Trinajstić information content (AvgIpc) is 3.15. The van der Waals surface area contributed by atoms with Crippen LogP contribution >= 0.6 is 0 Å². The molecule has 0 bridgehead atoms. The first-order valence-electron chi connectivity index (χ1n) is 9.51. The summed E-state index contributed by atoms with van der Waals surface area (Å²) in [6.07, 6.45) is -0.636. The summed E-state index contributed by atoms with van der Waals surface area (Å²) in [6.45, 7) is 5.74. The van der Waals surface area contributed by atoms with Crippen molar-refractivity contribution in [2.75, 3.05) is 5.32 Å². The lowest BCUT2D eigenvalue weighted by molar-refractivity contribution is -0.122. The van der Waals surface area contributed by atoms with Crippen molar-refractivity contribution in [3.8, 4) is 17.2 Å². The van der Waals surface area contributed by atoms with Crippen LogP contribution in [-0.4, -0.2) is 17.0 Å². The van der Waals surface area contributed by atoms with Crippen LogP contribution in [0.5, 0.6) is 5.75 Å². The second kappa shape index (κ2) is 7.80. The van der Waals surface area contributed by atoms with E-state index in [4.69, 9.17) is 9.15 Å². The van der Waals surface area contributed by atoms with E-state index in [1.54, 1.807) is 25.1 Å². The molecule has 3 aromatic carbocycles. The summed E-state index contributed by atoms with van der Waals surface area (Å²) < 4.78 is 11.7. The molecular weight excluding hydrogens is 364 g/mol. The Morgan fingerprint density at radius 3 is 2.62 bits per heavy atom. The maximum Gasteiger partial charge on any atom is 0.265 e. The first kappa shape index (κ1) is 18.7. The summed E-state index contributed by atoms with van der Waals surface area (Å²) in [5.74, 6) is 1.04. The Morgan fingerprint density at radius 2 is 1.83 bits per heavy atom. The first-order chi connectivity index (χ1) is 14.0. The Hall–Kier alpha value is -3.60. The van der Waals surface area contributed by atoms with Gasteiger partial charge in [-0.25, -0.2) is 4.98 Å². The number of ether oxygens (including phenoxy) is 1. The summed E-state index contributed by atoms with van der Waals surface area (Å²) in [7, 11) is 0. The van der Waals surface area contributed by atoms with E-state index in [1.165, 1.54) is 0 Å². The maximum absolute atomic E-state index is 12.6. The van der Waals surface area contributed by atoms with Crippen LogP contribution in [0.2, 0.25) is 0 Å². The van der Waals surface area contributed by atoms with Crippen LogP contribution in [0, 0.1) is 13.8 Å². The monoisotopic (exact) mass is 386 g/mol. The maximum atomic E-state index is 12.6. The molecule has 1 amide bonds. The molecule has 0 radical (unpaired) electrons. The molecule has 29 heavy (non-hydrogen) atoms. The van der Waals surface area contributed by atoms with Gasteiger partial charge in [-0.15, -0.1) is 0 Å². The Balaban J connectivity index is 1.49. The number of fused-ring (bicyclic) bond motifs is 1. The molecule has 5 heteroatoms. The summed E-state index contributed by atoms with van der Waals surface area (Å²) >= 11 is 0. The third-order valence-electron chi connectivity index (χ3n) is 4.90. The van der Waals surface area contributed by atoms with Crippen molar-refractivity contribution >= 4 is 22.7 Å². The molecule has 1 aromatic heterocycles. The number of aromatic nitrogens is 1. The van der Waals surface area contributed by atoms with Crippen molar-refractivity contribution < 1.29 is 13.9 Å². The second-order valence-corrected chi connectivity index (χ2v) is 7.01. The van der Waals surface area contributed by atoms with Crippen molar-refractivity contribution in [2.45, 2.75) is 26.9 Å². The normalized spacial score (nSPS) is 12.0. The molecule has 0 unspecified atom stereocenters. The van der Waals surface area contributed by atoms with Gasteiger partial charge in [0, 0.05) is 11.3 Å². The van der Waals surface area contributed by atoms with E-state index < -0.39 is 6.10 Å². The van der Waals surface area contributed by atoms with E-state index in [-0.39, 0.29) is 5.91 Å². The number of carbonyl (C=O) groups is 1. The van der Waals surface area contributed by atoms with Gasteiger partial charge in [-0.05, 0) is 68.3 Å². The van der Waals surface area contributed by atoms with Crippen molar-refractivity contribution in [1.29, 1.82) is 0 Å². The topological polar surface area (TPSA) is 64.4 Å². The van der Waals surface area contributed by atoms with Gasteiger partial charge in [-0.3, -0.25) is 4.79 Å².